The zero-order chi connectivity index (χ0) is 20.8. The Morgan fingerprint density at radius 1 is 1.21 bits per heavy atom. The predicted molar refractivity (Wildman–Crippen MR) is 110 cm³/mol. The Balaban J connectivity index is 1.57. The van der Waals surface area contributed by atoms with Crippen LogP contribution in [0.4, 0.5) is 5.82 Å². The van der Waals surface area contributed by atoms with E-state index < -0.39 is 0 Å². The van der Waals surface area contributed by atoms with Gasteiger partial charge in [-0.3, -0.25) is 14.6 Å². The molecule has 1 aromatic heterocycles. The van der Waals surface area contributed by atoms with Crippen LogP contribution in [0.2, 0.25) is 0 Å². The fourth-order valence-corrected chi connectivity index (χ4v) is 3.72. The minimum atomic E-state index is -0.180. The molecule has 8 heteroatoms. The molecule has 2 heterocycles. The maximum Gasteiger partial charge on any atom is 0.242 e. The molecule has 158 valence electrons. The van der Waals surface area contributed by atoms with Gasteiger partial charge >= 0.3 is 0 Å². The Morgan fingerprint density at radius 2 is 1.97 bits per heavy atom. The first-order chi connectivity index (χ1) is 14.0. The van der Waals surface area contributed by atoms with Gasteiger partial charge in [0.05, 0.1) is 20.3 Å². The zero-order valence-corrected chi connectivity index (χ0v) is 17.6. The molecule has 0 aliphatic carbocycles. The Hall–Kier alpha value is -2.58. The minimum Gasteiger partial charge on any atom is -0.497 e. The minimum absolute atomic E-state index is 0.0382. The Kier molecular flexibility index (Phi) is 7.11. The van der Waals surface area contributed by atoms with Crippen molar-refractivity contribution in [3.05, 3.63) is 35.6 Å². The van der Waals surface area contributed by atoms with Crippen molar-refractivity contribution < 1.29 is 18.8 Å². The van der Waals surface area contributed by atoms with E-state index in [-0.39, 0.29) is 11.9 Å². The standard InChI is InChI=1S/C21H30N4O4/c1-5-18(21(26)22-20-12-15(2)29-23-20)25-10-8-24(9-11-25)14-16-13-17(27-3)6-7-19(16)28-4/h6-7,12-13,18H,5,8-11,14H2,1-4H3,(H,22,23,26). The van der Waals surface area contributed by atoms with Crippen molar-refractivity contribution in [2.24, 2.45) is 0 Å². The number of aryl methyl sites for hydroxylation is 1. The quantitative estimate of drug-likeness (QED) is 0.727. The molecule has 0 radical (unpaired) electrons. The molecule has 1 unspecified atom stereocenters. The molecule has 1 aliphatic heterocycles. The molecular formula is C21H30N4O4. The van der Waals surface area contributed by atoms with Gasteiger partial charge in [-0.15, -0.1) is 0 Å². The number of carbonyl (C=O) groups is 1. The first-order valence-corrected chi connectivity index (χ1v) is 9.95. The molecule has 3 rings (SSSR count). The van der Waals surface area contributed by atoms with Gasteiger partial charge in [-0.05, 0) is 31.5 Å². The van der Waals surface area contributed by atoms with Crippen LogP contribution in [0.1, 0.15) is 24.7 Å². The number of aromatic nitrogens is 1. The highest BCUT2D eigenvalue weighted by Crippen LogP contribution is 2.26. The number of rotatable bonds is 8. The van der Waals surface area contributed by atoms with Crippen molar-refractivity contribution in [3.63, 3.8) is 0 Å². The molecule has 1 fully saturated rings. The van der Waals surface area contributed by atoms with Crippen LogP contribution in [0.25, 0.3) is 0 Å². The molecule has 29 heavy (non-hydrogen) atoms. The summed E-state index contributed by atoms with van der Waals surface area (Å²) in [6.45, 7) is 8.05. The van der Waals surface area contributed by atoms with Crippen molar-refractivity contribution in [2.75, 3.05) is 45.7 Å². The van der Waals surface area contributed by atoms with Crippen molar-refractivity contribution in [3.8, 4) is 11.5 Å². The smallest absolute Gasteiger partial charge is 0.242 e. The van der Waals surface area contributed by atoms with Crippen molar-refractivity contribution in [1.29, 1.82) is 0 Å². The molecule has 1 saturated heterocycles. The number of hydrogen-bond donors (Lipinski definition) is 1. The fraction of sp³-hybridized carbons (Fsp3) is 0.524. The molecular weight excluding hydrogens is 372 g/mol. The summed E-state index contributed by atoms with van der Waals surface area (Å²) < 4.78 is 15.9. The molecule has 8 nitrogen and oxygen atoms in total. The number of methoxy groups -OCH3 is 2. The zero-order valence-electron chi connectivity index (χ0n) is 17.6. The molecule has 1 amide bonds. The molecule has 1 aromatic carbocycles. The van der Waals surface area contributed by atoms with Crippen LogP contribution in [-0.4, -0.2) is 67.3 Å². The second-order valence-corrected chi connectivity index (χ2v) is 7.23. The Morgan fingerprint density at radius 3 is 2.55 bits per heavy atom. The number of piperazine rings is 1. The van der Waals surface area contributed by atoms with Crippen LogP contribution in [-0.2, 0) is 11.3 Å². The van der Waals surface area contributed by atoms with E-state index >= 15 is 0 Å². The number of benzene rings is 1. The summed E-state index contributed by atoms with van der Waals surface area (Å²) in [5, 5.41) is 6.71. The van der Waals surface area contributed by atoms with Gasteiger partial charge in [0.2, 0.25) is 5.91 Å². The lowest BCUT2D eigenvalue weighted by Crippen LogP contribution is -2.53. The first-order valence-electron chi connectivity index (χ1n) is 9.95. The van der Waals surface area contributed by atoms with Crippen LogP contribution >= 0.6 is 0 Å². The molecule has 0 saturated carbocycles. The van der Waals surface area contributed by atoms with E-state index in [0.29, 0.717) is 11.6 Å². The second kappa shape index (κ2) is 9.76. The lowest BCUT2D eigenvalue weighted by Gasteiger charge is -2.38. The number of ether oxygens (including phenoxy) is 2. The normalized spacial score (nSPS) is 16.4. The van der Waals surface area contributed by atoms with E-state index in [9.17, 15) is 4.79 Å². The molecule has 0 bridgehead atoms. The van der Waals surface area contributed by atoms with Crippen LogP contribution in [0.3, 0.4) is 0 Å². The summed E-state index contributed by atoms with van der Waals surface area (Å²) in [5.74, 6) is 2.79. The molecule has 1 N–H and O–H groups in total. The first kappa shape index (κ1) is 21.1. The summed E-state index contributed by atoms with van der Waals surface area (Å²) in [5.41, 5.74) is 1.10. The molecule has 2 aromatic rings. The summed E-state index contributed by atoms with van der Waals surface area (Å²) >= 11 is 0. The van der Waals surface area contributed by atoms with Crippen LogP contribution in [0.15, 0.2) is 28.8 Å². The Bertz CT molecular complexity index is 815. The molecule has 1 aliphatic rings. The van der Waals surface area contributed by atoms with Gasteiger partial charge in [0, 0.05) is 44.4 Å². The van der Waals surface area contributed by atoms with E-state index in [1.807, 2.05) is 25.1 Å². The van der Waals surface area contributed by atoms with E-state index in [4.69, 9.17) is 14.0 Å². The SMILES string of the molecule is CCC(C(=O)Nc1cc(C)on1)N1CCN(Cc2cc(OC)ccc2OC)CC1. The number of anilines is 1. The van der Waals surface area contributed by atoms with Gasteiger partial charge in [-0.1, -0.05) is 12.1 Å². The van der Waals surface area contributed by atoms with Gasteiger partial charge in [-0.25, -0.2) is 0 Å². The summed E-state index contributed by atoms with van der Waals surface area (Å²) in [6, 6.07) is 7.41. The van der Waals surface area contributed by atoms with E-state index in [0.717, 1.165) is 56.2 Å². The highest BCUT2D eigenvalue weighted by molar-refractivity contribution is 5.94. The van der Waals surface area contributed by atoms with E-state index in [1.165, 1.54) is 0 Å². The number of amides is 1. The number of nitrogens with one attached hydrogen (secondary N) is 1. The second-order valence-electron chi connectivity index (χ2n) is 7.23. The highest BCUT2D eigenvalue weighted by Gasteiger charge is 2.28. The third kappa shape index (κ3) is 5.27. The maximum absolute atomic E-state index is 12.7. The third-order valence-electron chi connectivity index (χ3n) is 5.30. The lowest BCUT2D eigenvalue weighted by atomic mass is 10.1. The molecule has 1 atom stereocenters. The van der Waals surface area contributed by atoms with Gasteiger partial charge in [0.15, 0.2) is 5.82 Å². The number of carbonyl (C=O) groups excluding carboxylic acids is 1. The lowest BCUT2D eigenvalue weighted by molar-refractivity contribution is -0.122. The van der Waals surface area contributed by atoms with Gasteiger partial charge in [0.1, 0.15) is 17.3 Å². The molecule has 0 spiro atoms. The fourth-order valence-electron chi connectivity index (χ4n) is 3.72. The average molecular weight is 402 g/mol. The van der Waals surface area contributed by atoms with E-state index in [1.54, 1.807) is 27.2 Å². The van der Waals surface area contributed by atoms with Gasteiger partial charge in [-0.2, -0.15) is 0 Å². The third-order valence-corrected chi connectivity index (χ3v) is 5.30. The van der Waals surface area contributed by atoms with Gasteiger partial charge < -0.3 is 19.3 Å². The van der Waals surface area contributed by atoms with Crippen LogP contribution in [0, 0.1) is 6.92 Å². The Labute approximate surface area is 171 Å². The van der Waals surface area contributed by atoms with Crippen molar-refractivity contribution in [1.82, 2.24) is 15.0 Å². The summed E-state index contributed by atoms with van der Waals surface area (Å²) in [7, 11) is 3.35. The largest absolute Gasteiger partial charge is 0.497 e. The monoisotopic (exact) mass is 402 g/mol. The predicted octanol–water partition coefficient (Wildman–Crippen LogP) is 2.54. The topological polar surface area (TPSA) is 80.1 Å². The number of hydrogen-bond acceptors (Lipinski definition) is 7. The van der Waals surface area contributed by atoms with Crippen LogP contribution in [0.5, 0.6) is 11.5 Å². The van der Waals surface area contributed by atoms with Crippen molar-refractivity contribution in [2.45, 2.75) is 32.9 Å². The average Bonchev–Trinajstić information content (AvgIpc) is 3.14. The summed E-state index contributed by atoms with van der Waals surface area (Å²) in [4.78, 5) is 17.3. The maximum atomic E-state index is 12.7. The number of nitrogens with zero attached hydrogens (tertiary/aromatic N) is 3. The summed E-state index contributed by atoms with van der Waals surface area (Å²) in [6.07, 6.45) is 0.742. The van der Waals surface area contributed by atoms with Crippen molar-refractivity contribution >= 4 is 11.7 Å². The van der Waals surface area contributed by atoms with E-state index in [2.05, 4.69) is 20.3 Å². The van der Waals surface area contributed by atoms with Crippen LogP contribution < -0.4 is 14.8 Å². The van der Waals surface area contributed by atoms with Gasteiger partial charge in [0.25, 0.3) is 0 Å². The highest BCUT2D eigenvalue weighted by atomic mass is 16.5.